The van der Waals surface area contributed by atoms with Crippen LogP contribution < -0.4 is 9.47 Å². The number of hydrogen-bond acceptors (Lipinski definition) is 5. The first-order chi connectivity index (χ1) is 13.7. The summed E-state index contributed by atoms with van der Waals surface area (Å²) in [5.74, 6) is 1.33. The minimum atomic E-state index is -0.189. The van der Waals surface area contributed by atoms with Crippen molar-refractivity contribution in [1.29, 1.82) is 0 Å². The molecule has 0 bridgehead atoms. The molecule has 0 saturated carbocycles. The Balaban J connectivity index is 1.52. The van der Waals surface area contributed by atoms with Crippen LogP contribution in [0.25, 0.3) is 10.6 Å². The van der Waals surface area contributed by atoms with Crippen molar-refractivity contribution in [3.05, 3.63) is 64.9 Å². The molecule has 3 aromatic rings. The molecule has 1 aliphatic heterocycles. The van der Waals surface area contributed by atoms with Gasteiger partial charge in [-0.25, -0.2) is 9.37 Å². The van der Waals surface area contributed by atoms with Crippen molar-refractivity contribution in [2.24, 2.45) is 0 Å². The molecule has 1 aromatic heterocycles. The highest BCUT2D eigenvalue weighted by molar-refractivity contribution is 7.13. The lowest BCUT2D eigenvalue weighted by molar-refractivity contribution is 0.246. The standard InChI is InChI=1S/C22H23FN2O2S/c1-26-18-9-10-19(21(12-18)27-2)22-24-17(14-28-22)13-25-11-3-4-20(25)15-5-7-16(23)8-6-15/h5-10,12,14,20H,3-4,11,13H2,1-2H3. The lowest BCUT2D eigenvalue weighted by atomic mass is 10.0. The normalized spacial score (nSPS) is 17.0. The summed E-state index contributed by atoms with van der Waals surface area (Å²) in [7, 11) is 3.30. The van der Waals surface area contributed by atoms with E-state index in [4.69, 9.17) is 14.5 Å². The molecule has 6 heteroatoms. The number of ether oxygens (including phenoxy) is 2. The molecule has 0 aliphatic carbocycles. The third kappa shape index (κ3) is 3.88. The van der Waals surface area contributed by atoms with Crippen LogP contribution in [0.2, 0.25) is 0 Å². The summed E-state index contributed by atoms with van der Waals surface area (Å²) < 4.78 is 24.0. The molecule has 2 heterocycles. The first-order valence-corrected chi connectivity index (χ1v) is 10.2. The zero-order valence-corrected chi connectivity index (χ0v) is 16.8. The topological polar surface area (TPSA) is 34.6 Å². The van der Waals surface area contributed by atoms with Crippen molar-refractivity contribution in [2.75, 3.05) is 20.8 Å². The van der Waals surface area contributed by atoms with E-state index in [0.29, 0.717) is 6.04 Å². The zero-order valence-electron chi connectivity index (χ0n) is 16.0. The molecular weight excluding hydrogens is 375 g/mol. The third-order valence-corrected chi connectivity index (χ3v) is 6.10. The van der Waals surface area contributed by atoms with Crippen molar-refractivity contribution in [3.8, 4) is 22.1 Å². The largest absolute Gasteiger partial charge is 0.497 e. The molecule has 146 valence electrons. The first kappa shape index (κ1) is 18.9. The van der Waals surface area contributed by atoms with E-state index in [1.54, 1.807) is 37.7 Å². The second kappa shape index (κ2) is 8.29. The molecule has 4 nitrogen and oxygen atoms in total. The lowest BCUT2D eigenvalue weighted by Gasteiger charge is -2.24. The number of methoxy groups -OCH3 is 2. The molecule has 4 rings (SSSR count). The first-order valence-electron chi connectivity index (χ1n) is 9.34. The van der Waals surface area contributed by atoms with Crippen LogP contribution in [0.1, 0.15) is 30.1 Å². The van der Waals surface area contributed by atoms with Gasteiger partial charge < -0.3 is 9.47 Å². The Bertz CT molecular complexity index is 942. The number of likely N-dealkylation sites (tertiary alicyclic amines) is 1. The fourth-order valence-electron chi connectivity index (χ4n) is 3.76. The Morgan fingerprint density at radius 3 is 2.71 bits per heavy atom. The van der Waals surface area contributed by atoms with Crippen molar-refractivity contribution >= 4 is 11.3 Å². The fourth-order valence-corrected chi connectivity index (χ4v) is 4.60. The molecule has 2 aromatic carbocycles. The predicted octanol–water partition coefficient (Wildman–Crippen LogP) is 5.30. The molecule has 1 aliphatic rings. The highest BCUT2D eigenvalue weighted by atomic mass is 32.1. The number of hydrogen-bond donors (Lipinski definition) is 0. The average Bonchev–Trinajstić information content (AvgIpc) is 3.38. The summed E-state index contributed by atoms with van der Waals surface area (Å²) in [6.45, 7) is 1.82. The number of benzene rings is 2. The van der Waals surface area contributed by atoms with Crippen LogP contribution in [0.4, 0.5) is 4.39 Å². The maximum atomic E-state index is 13.3. The third-order valence-electron chi connectivity index (χ3n) is 5.17. The van der Waals surface area contributed by atoms with Crippen molar-refractivity contribution < 1.29 is 13.9 Å². The van der Waals surface area contributed by atoms with E-state index in [1.165, 1.54) is 5.56 Å². The Morgan fingerprint density at radius 2 is 1.96 bits per heavy atom. The van der Waals surface area contributed by atoms with E-state index in [9.17, 15) is 4.39 Å². The number of nitrogens with zero attached hydrogens (tertiary/aromatic N) is 2. The molecular formula is C22H23FN2O2S. The summed E-state index contributed by atoms with van der Waals surface area (Å²) in [5, 5.41) is 3.05. The van der Waals surface area contributed by atoms with Gasteiger partial charge >= 0.3 is 0 Å². The molecule has 0 amide bonds. The molecule has 0 spiro atoms. The molecule has 0 N–H and O–H groups in total. The summed E-state index contributed by atoms with van der Waals surface area (Å²) >= 11 is 1.62. The lowest BCUT2D eigenvalue weighted by Crippen LogP contribution is -2.22. The summed E-state index contributed by atoms with van der Waals surface area (Å²) in [4.78, 5) is 7.27. The van der Waals surface area contributed by atoms with Gasteiger partial charge in [0.05, 0.1) is 25.5 Å². The highest BCUT2D eigenvalue weighted by Gasteiger charge is 2.26. The van der Waals surface area contributed by atoms with Gasteiger partial charge in [0, 0.05) is 24.0 Å². The van der Waals surface area contributed by atoms with Crippen LogP contribution in [0.5, 0.6) is 11.5 Å². The Labute approximate surface area is 168 Å². The fraction of sp³-hybridized carbons (Fsp3) is 0.318. The molecule has 1 atom stereocenters. The van der Waals surface area contributed by atoms with E-state index in [1.807, 2.05) is 30.3 Å². The highest BCUT2D eigenvalue weighted by Crippen LogP contribution is 2.37. The second-order valence-corrected chi connectivity index (χ2v) is 7.75. The van der Waals surface area contributed by atoms with Gasteiger partial charge in [-0.15, -0.1) is 11.3 Å². The van der Waals surface area contributed by atoms with Gasteiger partial charge in [-0.3, -0.25) is 4.90 Å². The maximum Gasteiger partial charge on any atom is 0.132 e. The van der Waals surface area contributed by atoms with Crippen molar-refractivity contribution in [1.82, 2.24) is 9.88 Å². The van der Waals surface area contributed by atoms with Gasteiger partial charge in [0.15, 0.2) is 0 Å². The van der Waals surface area contributed by atoms with E-state index in [0.717, 1.165) is 53.7 Å². The average molecular weight is 399 g/mol. The van der Waals surface area contributed by atoms with Crippen LogP contribution >= 0.6 is 11.3 Å². The summed E-state index contributed by atoms with van der Waals surface area (Å²) in [6.07, 6.45) is 2.24. The molecule has 1 saturated heterocycles. The van der Waals surface area contributed by atoms with E-state index in [-0.39, 0.29) is 5.82 Å². The summed E-state index contributed by atoms with van der Waals surface area (Å²) in [5.41, 5.74) is 3.19. The van der Waals surface area contributed by atoms with E-state index < -0.39 is 0 Å². The van der Waals surface area contributed by atoms with E-state index >= 15 is 0 Å². The maximum absolute atomic E-state index is 13.3. The number of rotatable bonds is 6. The Kier molecular flexibility index (Phi) is 5.59. The Morgan fingerprint density at radius 1 is 1.14 bits per heavy atom. The van der Waals surface area contributed by atoms with Gasteiger partial charge in [0.2, 0.25) is 0 Å². The molecule has 0 radical (unpaired) electrons. The predicted molar refractivity (Wildman–Crippen MR) is 109 cm³/mol. The molecule has 1 fully saturated rings. The number of aromatic nitrogens is 1. The van der Waals surface area contributed by atoms with E-state index in [2.05, 4.69) is 10.3 Å². The van der Waals surface area contributed by atoms with Gasteiger partial charge in [-0.2, -0.15) is 0 Å². The van der Waals surface area contributed by atoms with Crippen LogP contribution in [0.15, 0.2) is 47.8 Å². The molecule has 1 unspecified atom stereocenters. The Hall–Kier alpha value is -2.44. The van der Waals surface area contributed by atoms with Gasteiger partial charge in [0.1, 0.15) is 22.3 Å². The number of thiazole rings is 1. The van der Waals surface area contributed by atoms with Crippen LogP contribution in [-0.4, -0.2) is 30.6 Å². The van der Waals surface area contributed by atoms with Gasteiger partial charge in [-0.05, 0) is 49.2 Å². The smallest absolute Gasteiger partial charge is 0.132 e. The number of halogens is 1. The quantitative estimate of drug-likeness (QED) is 0.564. The monoisotopic (exact) mass is 398 g/mol. The van der Waals surface area contributed by atoms with Crippen LogP contribution in [-0.2, 0) is 6.54 Å². The van der Waals surface area contributed by atoms with Crippen molar-refractivity contribution in [2.45, 2.75) is 25.4 Å². The summed E-state index contributed by atoms with van der Waals surface area (Å²) in [6, 6.07) is 13.0. The second-order valence-electron chi connectivity index (χ2n) is 6.89. The SMILES string of the molecule is COc1ccc(-c2nc(CN3CCCC3c3ccc(F)cc3)cs2)c(OC)c1. The molecule has 28 heavy (non-hydrogen) atoms. The van der Waals surface area contributed by atoms with Crippen molar-refractivity contribution in [3.63, 3.8) is 0 Å². The van der Waals surface area contributed by atoms with Crippen LogP contribution in [0, 0.1) is 5.82 Å². The minimum Gasteiger partial charge on any atom is -0.497 e. The van der Waals surface area contributed by atoms with Gasteiger partial charge in [0.25, 0.3) is 0 Å². The zero-order chi connectivity index (χ0) is 19.5. The minimum absolute atomic E-state index is 0.189. The van der Waals surface area contributed by atoms with Crippen LogP contribution in [0.3, 0.4) is 0 Å². The van der Waals surface area contributed by atoms with Gasteiger partial charge in [-0.1, -0.05) is 12.1 Å².